The summed E-state index contributed by atoms with van der Waals surface area (Å²) >= 11 is 0. The van der Waals surface area contributed by atoms with Crippen molar-refractivity contribution >= 4 is 0 Å². The van der Waals surface area contributed by atoms with Gasteiger partial charge in [-0.05, 0) is 17.4 Å². The molecule has 1 aromatic rings. The van der Waals surface area contributed by atoms with Gasteiger partial charge in [0.1, 0.15) is 0 Å². The van der Waals surface area contributed by atoms with Crippen LogP contribution in [0.25, 0.3) is 0 Å². The molecule has 0 spiro atoms. The van der Waals surface area contributed by atoms with Crippen molar-refractivity contribution < 1.29 is 4.74 Å². The third-order valence-electron chi connectivity index (χ3n) is 1.58. The first-order chi connectivity index (χ1) is 6.49. The van der Waals surface area contributed by atoms with Crippen molar-refractivity contribution in [2.75, 3.05) is 14.2 Å². The molecule has 1 rings (SSSR count). The quantitative estimate of drug-likeness (QED) is 0.664. The molecule has 0 aliphatic heterocycles. The lowest BCUT2D eigenvalue weighted by atomic mass is 9.88. The van der Waals surface area contributed by atoms with Gasteiger partial charge in [-0.2, -0.15) is 0 Å². The van der Waals surface area contributed by atoms with Crippen LogP contribution in [0.1, 0.15) is 26.3 Å². The van der Waals surface area contributed by atoms with Crippen LogP contribution in [0.15, 0.2) is 30.3 Å². The molecule has 0 amide bonds. The van der Waals surface area contributed by atoms with E-state index < -0.39 is 0 Å². The molecule has 0 saturated heterocycles. The van der Waals surface area contributed by atoms with Crippen molar-refractivity contribution in [2.45, 2.75) is 27.2 Å². The molecule has 14 heavy (non-hydrogen) atoms. The van der Waals surface area contributed by atoms with Crippen LogP contribution in [-0.2, 0) is 11.2 Å². The highest BCUT2D eigenvalue weighted by molar-refractivity contribution is 5.15. The van der Waals surface area contributed by atoms with E-state index in [0.717, 1.165) is 6.42 Å². The van der Waals surface area contributed by atoms with E-state index in [1.807, 2.05) is 0 Å². The van der Waals surface area contributed by atoms with Crippen LogP contribution in [0.2, 0.25) is 0 Å². The van der Waals surface area contributed by atoms with Crippen LogP contribution >= 0.6 is 0 Å². The average Bonchev–Trinajstić information content (AvgIpc) is 2.04. The van der Waals surface area contributed by atoms with E-state index >= 15 is 0 Å². The molecular formula is C13H22O. The molecule has 0 radical (unpaired) electrons. The predicted molar refractivity (Wildman–Crippen MR) is 62.5 cm³/mol. The van der Waals surface area contributed by atoms with Crippen LogP contribution in [0.3, 0.4) is 0 Å². The van der Waals surface area contributed by atoms with Gasteiger partial charge in [0, 0.05) is 14.2 Å². The Bertz CT molecular complexity index is 221. The summed E-state index contributed by atoms with van der Waals surface area (Å²) in [5.74, 6) is 0. The van der Waals surface area contributed by atoms with Gasteiger partial charge in [0.05, 0.1) is 0 Å². The van der Waals surface area contributed by atoms with E-state index in [4.69, 9.17) is 0 Å². The molecule has 0 atom stereocenters. The Morgan fingerprint density at radius 2 is 1.43 bits per heavy atom. The maximum atomic E-state index is 4.25. The van der Waals surface area contributed by atoms with Gasteiger partial charge in [0.2, 0.25) is 0 Å². The van der Waals surface area contributed by atoms with Crippen molar-refractivity contribution in [3.63, 3.8) is 0 Å². The van der Waals surface area contributed by atoms with Crippen molar-refractivity contribution in [3.05, 3.63) is 35.9 Å². The highest BCUT2D eigenvalue weighted by Crippen LogP contribution is 2.19. The smallest absolute Gasteiger partial charge is 0.0351 e. The third-order valence-corrected chi connectivity index (χ3v) is 1.58. The van der Waals surface area contributed by atoms with Crippen LogP contribution in [-0.4, -0.2) is 14.2 Å². The monoisotopic (exact) mass is 194 g/mol. The van der Waals surface area contributed by atoms with Crippen LogP contribution in [0.5, 0.6) is 0 Å². The van der Waals surface area contributed by atoms with Crippen LogP contribution < -0.4 is 0 Å². The van der Waals surface area contributed by atoms with Gasteiger partial charge in [-0.15, -0.1) is 0 Å². The number of ether oxygens (including phenoxy) is 1. The Morgan fingerprint density at radius 3 is 1.79 bits per heavy atom. The second-order valence-electron chi connectivity index (χ2n) is 4.63. The molecule has 0 saturated carbocycles. The van der Waals surface area contributed by atoms with Crippen molar-refractivity contribution in [3.8, 4) is 0 Å². The van der Waals surface area contributed by atoms with Gasteiger partial charge in [0.25, 0.3) is 0 Å². The Hall–Kier alpha value is -0.820. The lowest BCUT2D eigenvalue weighted by Crippen LogP contribution is -2.08. The second-order valence-corrected chi connectivity index (χ2v) is 4.63. The van der Waals surface area contributed by atoms with Gasteiger partial charge in [-0.3, -0.25) is 0 Å². The Labute approximate surface area is 88.1 Å². The molecule has 0 aliphatic rings. The van der Waals surface area contributed by atoms with Gasteiger partial charge in [0.15, 0.2) is 0 Å². The Kier molecular flexibility index (Phi) is 6.22. The molecule has 0 bridgehead atoms. The fourth-order valence-corrected chi connectivity index (χ4v) is 1.21. The first-order valence-corrected chi connectivity index (χ1v) is 4.93. The second kappa shape index (κ2) is 6.61. The summed E-state index contributed by atoms with van der Waals surface area (Å²) < 4.78 is 4.25. The lowest BCUT2D eigenvalue weighted by molar-refractivity contribution is 0.277. The van der Waals surface area contributed by atoms with Crippen LogP contribution in [0.4, 0.5) is 0 Å². The maximum Gasteiger partial charge on any atom is 0.0351 e. The number of hydrogen-bond donors (Lipinski definition) is 0. The predicted octanol–water partition coefficient (Wildman–Crippen LogP) is 3.54. The molecular weight excluding hydrogens is 172 g/mol. The third kappa shape index (κ3) is 7.81. The lowest BCUT2D eigenvalue weighted by Gasteiger charge is -2.17. The minimum Gasteiger partial charge on any atom is -0.388 e. The summed E-state index contributed by atoms with van der Waals surface area (Å²) in [6.07, 6.45) is 1.16. The fourth-order valence-electron chi connectivity index (χ4n) is 1.21. The van der Waals surface area contributed by atoms with E-state index in [1.165, 1.54) is 5.56 Å². The van der Waals surface area contributed by atoms with E-state index in [2.05, 4.69) is 55.8 Å². The van der Waals surface area contributed by atoms with Gasteiger partial charge >= 0.3 is 0 Å². The molecule has 0 N–H and O–H groups in total. The first-order valence-electron chi connectivity index (χ1n) is 4.93. The zero-order valence-corrected chi connectivity index (χ0v) is 10.0. The number of rotatable bonds is 1. The van der Waals surface area contributed by atoms with Gasteiger partial charge in [-0.1, -0.05) is 51.1 Å². The summed E-state index contributed by atoms with van der Waals surface area (Å²) in [6.45, 7) is 6.79. The molecule has 1 nitrogen and oxygen atoms in total. The molecule has 80 valence electrons. The molecule has 1 aromatic carbocycles. The SMILES string of the molecule is CC(C)(C)Cc1ccccc1.COC. The van der Waals surface area contributed by atoms with Crippen LogP contribution in [0, 0.1) is 5.41 Å². The summed E-state index contributed by atoms with van der Waals surface area (Å²) in [6, 6.07) is 10.6. The Balaban J connectivity index is 0.000000500. The summed E-state index contributed by atoms with van der Waals surface area (Å²) in [7, 11) is 3.25. The van der Waals surface area contributed by atoms with Crippen molar-refractivity contribution in [1.82, 2.24) is 0 Å². The molecule has 0 aliphatic carbocycles. The Morgan fingerprint density at radius 1 is 1.00 bits per heavy atom. The molecule has 1 heteroatoms. The highest BCUT2D eigenvalue weighted by atomic mass is 16.4. The normalized spacial score (nSPS) is 10.4. The van der Waals surface area contributed by atoms with Crippen molar-refractivity contribution in [2.24, 2.45) is 5.41 Å². The summed E-state index contributed by atoms with van der Waals surface area (Å²) in [5.41, 5.74) is 1.83. The average molecular weight is 194 g/mol. The van der Waals surface area contributed by atoms with Gasteiger partial charge in [-0.25, -0.2) is 0 Å². The molecule has 0 fully saturated rings. The standard InChI is InChI=1S/C11H16.C2H6O/c1-11(2,3)9-10-7-5-4-6-8-10;1-3-2/h4-8H,9H2,1-3H3;1-2H3. The molecule has 0 unspecified atom stereocenters. The number of methoxy groups -OCH3 is 1. The molecule has 0 heterocycles. The maximum absolute atomic E-state index is 4.25. The zero-order chi connectivity index (χ0) is 11.0. The largest absolute Gasteiger partial charge is 0.388 e. The fraction of sp³-hybridized carbons (Fsp3) is 0.538. The summed E-state index contributed by atoms with van der Waals surface area (Å²) in [4.78, 5) is 0. The zero-order valence-electron chi connectivity index (χ0n) is 10.0. The van der Waals surface area contributed by atoms with Crippen molar-refractivity contribution in [1.29, 1.82) is 0 Å². The van der Waals surface area contributed by atoms with E-state index in [9.17, 15) is 0 Å². The van der Waals surface area contributed by atoms with Gasteiger partial charge < -0.3 is 4.74 Å². The number of benzene rings is 1. The minimum atomic E-state index is 0.404. The molecule has 0 aromatic heterocycles. The topological polar surface area (TPSA) is 9.23 Å². The van der Waals surface area contributed by atoms with E-state index in [-0.39, 0.29) is 0 Å². The van der Waals surface area contributed by atoms with E-state index in [1.54, 1.807) is 14.2 Å². The first kappa shape index (κ1) is 13.2. The van der Waals surface area contributed by atoms with E-state index in [0.29, 0.717) is 5.41 Å². The number of hydrogen-bond acceptors (Lipinski definition) is 1. The summed E-state index contributed by atoms with van der Waals surface area (Å²) in [5, 5.41) is 0. The highest BCUT2D eigenvalue weighted by Gasteiger charge is 2.09. The minimum absolute atomic E-state index is 0.404.